The molecule has 0 aliphatic carbocycles. The number of allylic oxidation sites excluding steroid dienone is 1. The molecule has 0 aromatic carbocycles. The van der Waals surface area contributed by atoms with Gasteiger partial charge in [0, 0.05) is 0 Å². The van der Waals surface area contributed by atoms with Crippen LogP contribution < -0.4 is 0 Å². The van der Waals surface area contributed by atoms with Crippen molar-refractivity contribution < 1.29 is 23.1 Å². The Balaban J connectivity index is 3.25. The molecule has 5 nitrogen and oxygen atoms in total. The van der Waals surface area contributed by atoms with E-state index in [0.717, 1.165) is 6.29 Å². The van der Waals surface area contributed by atoms with Crippen LogP contribution in [0.5, 0.6) is 0 Å². The smallest absolute Gasteiger partial charge is 0.193 e. The molecule has 0 radical (unpaired) electrons. The van der Waals surface area contributed by atoms with Gasteiger partial charge in [0.15, 0.2) is 22.4 Å². The van der Waals surface area contributed by atoms with Gasteiger partial charge in [-0.3, -0.25) is 4.79 Å². The van der Waals surface area contributed by atoms with Crippen LogP contribution >= 0.6 is 0 Å². The molecular formula is C23H46O5Si2. The molecule has 7 heteroatoms. The third-order valence-electron chi connectivity index (χ3n) is 6.85. The van der Waals surface area contributed by atoms with Crippen LogP contribution in [-0.2, 0) is 23.1 Å². The lowest BCUT2D eigenvalue weighted by atomic mass is 10.0. The highest BCUT2D eigenvalue weighted by Gasteiger charge is 2.51. The second kappa shape index (κ2) is 9.28. The molecule has 0 bridgehead atoms. The number of ether oxygens (including phenoxy) is 2. The van der Waals surface area contributed by atoms with Gasteiger partial charge in [-0.05, 0) is 63.1 Å². The van der Waals surface area contributed by atoms with Crippen molar-refractivity contribution >= 4 is 22.9 Å². The number of carbonyl (C=O) groups excluding carboxylic acids is 1. The minimum absolute atomic E-state index is 0.0357. The highest BCUT2D eigenvalue weighted by molar-refractivity contribution is 6.74. The van der Waals surface area contributed by atoms with E-state index in [-0.39, 0.29) is 34.5 Å². The number of hydrogen-bond donors (Lipinski definition) is 0. The van der Waals surface area contributed by atoms with Gasteiger partial charge in [-0.2, -0.15) is 0 Å². The van der Waals surface area contributed by atoms with Crippen molar-refractivity contribution in [3.8, 4) is 0 Å². The van der Waals surface area contributed by atoms with Crippen LogP contribution in [0, 0.1) is 0 Å². The highest BCUT2D eigenvalue weighted by Crippen LogP contribution is 2.42. The zero-order valence-electron chi connectivity index (χ0n) is 21.6. The Kier molecular flexibility index (Phi) is 8.57. The van der Waals surface area contributed by atoms with Crippen molar-refractivity contribution in [1.82, 2.24) is 0 Å². The quantitative estimate of drug-likeness (QED) is 0.251. The number of rotatable bonds is 8. The van der Waals surface area contributed by atoms with Crippen LogP contribution in [0.25, 0.3) is 0 Å². The molecule has 0 saturated carbocycles. The van der Waals surface area contributed by atoms with E-state index in [9.17, 15) is 4.79 Å². The highest BCUT2D eigenvalue weighted by atomic mass is 28.4. The minimum Gasteiger partial charge on any atom is -0.411 e. The summed E-state index contributed by atoms with van der Waals surface area (Å²) in [5.41, 5.74) is 0. The van der Waals surface area contributed by atoms with Gasteiger partial charge >= 0.3 is 0 Å². The minimum atomic E-state index is -2.11. The van der Waals surface area contributed by atoms with E-state index in [0.29, 0.717) is 0 Å². The third-order valence-corrected chi connectivity index (χ3v) is 15.9. The van der Waals surface area contributed by atoms with Gasteiger partial charge in [-0.15, -0.1) is 0 Å². The Morgan fingerprint density at radius 1 is 0.867 bits per heavy atom. The molecule has 0 spiro atoms. The maximum Gasteiger partial charge on any atom is 0.193 e. The maximum absolute atomic E-state index is 11.1. The zero-order valence-corrected chi connectivity index (χ0v) is 23.6. The molecule has 0 N–H and O–H groups in total. The van der Waals surface area contributed by atoms with E-state index >= 15 is 0 Å². The van der Waals surface area contributed by atoms with Gasteiger partial charge in [0.2, 0.25) is 0 Å². The summed E-state index contributed by atoms with van der Waals surface area (Å²) in [6, 6.07) is 0. The summed E-state index contributed by atoms with van der Waals surface area (Å²) in [7, 11) is -4.10. The van der Waals surface area contributed by atoms with Gasteiger partial charge in [0.05, 0.1) is 12.2 Å². The van der Waals surface area contributed by atoms with Crippen molar-refractivity contribution in [2.24, 2.45) is 0 Å². The Bertz CT molecular complexity index is 614. The first-order valence-electron chi connectivity index (χ1n) is 11.1. The molecule has 30 heavy (non-hydrogen) atoms. The van der Waals surface area contributed by atoms with Crippen molar-refractivity contribution in [3.63, 3.8) is 0 Å². The summed E-state index contributed by atoms with van der Waals surface area (Å²) in [6.07, 6.45) is 2.91. The Labute approximate surface area is 187 Å². The van der Waals surface area contributed by atoms with E-state index in [4.69, 9.17) is 18.3 Å². The summed E-state index contributed by atoms with van der Waals surface area (Å²) < 4.78 is 26.0. The van der Waals surface area contributed by atoms with E-state index in [1.54, 1.807) is 0 Å². The second-order valence-corrected chi connectivity index (χ2v) is 21.5. The van der Waals surface area contributed by atoms with E-state index in [2.05, 4.69) is 74.7 Å². The number of hydrogen-bond acceptors (Lipinski definition) is 5. The molecule has 1 rings (SSSR count). The Morgan fingerprint density at radius 2 is 1.30 bits per heavy atom. The Morgan fingerprint density at radius 3 is 1.73 bits per heavy atom. The summed E-state index contributed by atoms with van der Waals surface area (Å²) in [5, 5.41) is 0.133. The van der Waals surface area contributed by atoms with Crippen molar-refractivity contribution in [2.75, 3.05) is 0 Å². The average Bonchev–Trinajstić information content (AvgIpc) is 2.84. The SMILES string of the molecule is C[C@H](O[Si](C)(C)C(C)(C)C)[C@@H]1OC(C)(C)O[C@H]1[C@H](/C=C/C=O)O[Si](C)(C)C(C)(C)C. The summed E-state index contributed by atoms with van der Waals surface area (Å²) in [4.78, 5) is 11.1. The summed E-state index contributed by atoms with van der Waals surface area (Å²) in [6.45, 7) is 28.1. The standard InChI is InChI=1S/C23H46O5Si2/c1-17(27-29(10,11)21(2,3)4)19-20(26-23(8,9)25-19)18(15-14-16-24)28-30(12,13)22(5,6)7/h14-20H,1-13H3/b15-14+/t17-,18-,19-,20-/m0/s1. The molecule has 0 aromatic rings. The molecular weight excluding hydrogens is 412 g/mol. The van der Waals surface area contributed by atoms with Gasteiger partial charge in [0.1, 0.15) is 18.5 Å². The van der Waals surface area contributed by atoms with Gasteiger partial charge < -0.3 is 18.3 Å². The lowest BCUT2D eigenvalue weighted by Gasteiger charge is -2.42. The predicted octanol–water partition coefficient (Wildman–Crippen LogP) is 6.06. The fourth-order valence-corrected chi connectivity index (χ4v) is 5.69. The van der Waals surface area contributed by atoms with Crippen LogP contribution in [0.1, 0.15) is 62.3 Å². The van der Waals surface area contributed by atoms with Crippen molar-refractivity contribution in [1.29, 1.82) is 0 Å². The molecule has 1 aliphatic rings. The van der Waals surface area contributed by atoms with E-state index < -0.39 is 22.4 Å². The largest absolute Gasteiger partial charge is 0.411 e. The molecule has 1 saturated heterocycles. The number of aldehydes is 1. The monoisotopic (exact) mass is 458 g/mol. The predicted molar refractivity (Wildman–Crippen MR) is 129 cm³/mol. The molecule has 0 unspecified atom stereocenters. The summed E-state index contributed by atoms with van der Waals surface area (Å²) >= 11 is 0. The van der Waals surface area contributed by atoms with Crippen molar-refractivity contribution in [3.05, 3.63) is 12.2 Å². The zero-order chi connectivity index (χ0) is 23.8. The molecule has 0 aromatic heterocycles. The first-order valence-corrected chi connectivity index (χ1v) is 16.9. The van der Waals surface area contributed by atoms with Crippen LogP contribution in [0.15, 0.2) is 12.2 Å². The fourth-order valence-electron chi connectivity index (χ4n) is 3.03. The first kappa shape index (κ1) is 27.7. The molecule has 4 atom stereocenters. The van der Waals surface area contributed by atoms with Gasteiger partial charge in [0.25, 0.3) is 0 Å². The molecule has 176 valence electrons. The lowest BCUT2D eigenvalue weighted by Crippen LogP contribution is -2.52. The van der Waals surface area contributed by atoms with Gasteiger partial charge in [-0.25, -0.2) is 0 Å². The van der Waals surface area contributed by atoms with Crippen molar-refractivity contribution in [2.45, 2.75) is 129 Å². The average molecular weight is 459 g/mol. The number of carbonyl (C=O) groups is 1. The molecule has 1 fully saturated rings. The normalized spacial score (nSPS) is 25.5. The lowest BCUT2D eigenvalue weighted by molar-refractivity contribution is -0.157. The van der Waals surface area contributed by atoms with Gasteiger partial charge in [-0.1, -0.05) is 47.6 Å². The first-order chi connectivity index (χ1) is 13.2. The van der Waals surface area contributed by atoms with Crippen LogP contribution in [0.3, 0.4) is 0 Å². The third kappa shape index (κ3) is 6.84. The van der Waals surface area contributed by atoms with Crippen LogP contribution in [0.2, 0.25) is 36.3 Å². The summed E-state index contributed by atoms with van der Waals surface area (Å²) in [5.74, 6) is -0.746. The van der Waals surface area contributed by atoms with E-state index in [1.807, 2.05) is 19.9 Å². The second-order valence-electron chi connectivity index (χ2n) is 12.0. The van der Waals surface area contributed by atoms with Crippen LogP contribution in [0.4, 0.5) is 0 Å². The molecule has 1 aliphatic heterocycles. The van der Waals surface area contributed by atoms with E-state index in [1.165, 1.54) is 6.08 Å². The maximum atomic E-state index is 11.1. The Hall–Kier alpha value is -0.316. The fraction of sp³-hybridized carbons (Fsp3) is 0.870. The molecule has 1 heterocycles. The molecule has 0 amide bonds. The topological polar surface area (TPSA) is 54.0 Å². The van der Waals surface area contributed by atoms with Crippen LogP contribution in [-0.4, -0.2) is 53.1 Å².